The van der Waals surface area contributed by atoms with Gasteiger partial charge in [-0.25, -0.2) is 9.97 Å². The molecule has 7 heteroatoms. The number of aromatic nitrogens is 2. The molecule has 0 spiro atoms. The first-order valence-corrected chi connectivity index (χ1v) is 11.2. The highest BCUT2D eigenvalue weighted by Crippen LogP contribution is 2.25. The number of halogens is 1. The SMILES string of the molecule is Cc1nc(C)c(Cc2ccc(Cl)cc2)c(N2CCN(C(=O)COc3ccccc3)CC2)n1. The Hall–Kier alpha value is -3.12. The summed E-state index contributed by atoms with van der Waals surface area (Å²) in [5.41, 5.74) is 3.26. The fourth-order valence-corrected chi connectivity index (χ4v) is 4.04. The molecule has 4 rings (SSSR count). The van der Waals surface area contributed by atoms with Crippen LogP contribution in [0.5, 0.6) is 5.75 Å². The molecule has 0 aliphatic carbocycles. The molecule has 1 saturated heterocycles. The number of ether oxygens (including phenoxy) is 1. The summed E-state index contributed by atoms with van der Waals surface area (Å²) in [5.74, 6) is 2.42. The van der Waals surface area contributed by atoms with Crippen molar-refractivity contribution in [2.45, 2.75) is 20.3 Å². The fourth-order valence-electron chi connectivity index (χ4n) is 3.91. The maximum atomic E-state index is 12.6. The van der Waals surface area contributed by atoms with E-state index in [-0.39, 0.29) is 12.5 Å². The van der Waals surface area contributed by atoms with Crippen molar-refractivity contribution in [3.05, 3.63) is 82.3 Å². The smallest absolute Gasteiger partial charge is 0.260 e. The third-order valence-corrected chi connectivity index (χ3v) is 5.89. The van der Waals surface area contributed by atoms with E-state index in [9.17, 15) is 4.79 Å². The van der Waals surface area contributed by atoms with Crippen LogP contribution in [0, 0.1) is 13.8 Å². The van der Waals surface area contributed by atoms with Crippen LogP contribution in [0.15, 0.2) is 54.6 Å². The molecule has 0 N–H and O–H groups in total. The number of hydrogen-bond acceptors (Lipinski definition) is 5. The molecular weight excluding hydrogens is 424 g/mol. The lowest BCUT2D eigenvalue weighted by molar-refractivity contribution is -0.133. The number of carbonyl (C=O) groups excluding carboxylic acids is 1. The Morgan fingerprint density at radius 1 is 0.969 bits per heavy atom. The summed E-state index contributed by atoms with van der Waals surface area (Å²) in [4.78, 5) is 26.1. The molecule has 32 heavy (non-hydrogen) atoms. The van der Waals surface area contributed by atoms with Gasteiger partial charge in [0.1, 0.15) is 17.4 Å². The Kier molecular flexibility index (Phi) is 6.90. The standard InChI is InChI=1S/C25H27ClN4O2/c1-18-23(16-20-8-10-21(26)11-9-20)25(28-19(2)27-18)30-14-12-29(13-15-30)24(31)17-32-22-6-4-3-5-7-22/h3-11H,12-17H2,1-2H3. The van der Waals surface area contributed by atoms with Crippen LogP contribution >= 0.6 is 11.6 Å². The molecule has 0 unspecified atom stereocenters. The highest BCUT2D eigenvalue weighted by Gasteiger charge is 2.25. The average Bonchev–Trinajstić information content (AvgIpc) is 2.81. The Bertz CT molecular complexity index is 1070. The molecule has 0 saturated carbocycles. The van der Waals surface area contributed by atoms with Gasteiger partial charge in [0.15, 0.2) is 6.61 Å². The second kappa shape index (κ2) is 10.0. The molecule has 1 aliphatic rings. The van der Waals surface area contributed by atoms with Gasteiger partial charge in [-0.15, -0.1) is 0 Å². The predicted octanol–water partition coefficient (Wildman–Crippen LogP) is 4.07. The van der Waals surface area contributed by atoms with Crippen LogP contribution in [0.4, 0.5) is 5.82 Å². The van der Waals surface area contributed by atoms with E-state index < -0.39 is 0 Å². The van der Waals surface area contributed by atoms with Crippen LogP contribution in [-0.2, 0) is 11.2 Å². The van der Waals surface area contributed by atoms with Crippen molar-refractivity contribution in [1.82, 2.24) is 14.9 Å². The highest BCUT2D eigenvalue weighted by molar-refractivity contribution is 6.30. The Balaban J connectivity index is 1.42. The normalized spacial score (nSPS) is 13.8. The fraction of sp³-hybridized carbons (Fsp3) is 0.320. The minimum Gasteiger partial charge on any atom is -0.484 e. The molecule has 1 fully saturated rings. The van der Waals surface area contributed by atoms with Gasteiger partial charge in [-0.3, -0.25) is 4.79 Å². The molecule has 166 valence electrons. The zero-order chi connectivity index (χ0) is 22.5. The number of rotatable bonds is 6. The molecule has 2 heterocycles. The summed E-state index contributed by atoms with van der Waals surface area (Å²) in [5, 5.41) is 0.725. The Morgan fingerprint density at radius 3 is 2.34 bits per heavy atom. The Labute approximate surface area is 193 Å². The first kappa shape index (κ1) is 22.1. The average molecular weight is 451 g/mol. The van der Waals surface area contributed by atoms with Crippen molar-refractivity contribution in [3.8, 4) is 5.75 Å². The van der Waals surface area contributed by atoms with Gasteiger partial charge in [0.2, 0.25) is 0 Å². The summed E-state index contributed by atoms with van der Waals surface area (Å²) >= 11 is 6.04. The molecular formula is C25H27ClN4O2. The van der Waals surface area contributed by atoms with Gasteiger partial charge in [-0.1, -0.05) is 41.9 Å². The second-order valence-corrected chi connectivity index (χ2v) is 8.37. The minimum absolute atomic E-state index is 0.00457. The van der Waals surface area contributed by atoms with Crippen LogP contribution < -0.4 is 9.64 Å². The summed E-state index contributed by atoms with van der Waals surface area (Å²) < 4.78 is 5.62. The number of benzene rings is 2. The van der Waals surface area contributed by atoms with Gasteiger partial charge >= 0.3 is 0 Å². The number of para-hydroxylation sites is 1. The van der Waals surface area contributed by atoms with Crippen LogP contribution in [-0.4, -0.2) is 53.6 Å². The number of nitrogens with zero attached hydrogens (tertiary/aromatic N) is 4. The lowest BCUT2D eigenvalue weighted by Gasteiger charge is -2.36. The third kappa shape index (κ3) is 5.37. The predicted molar refractivity (Wildman–Crippen MR) is 126 cm³/mol. The van der Waals surface area contributed by atoms with Crippen LogP contribution in [0.3, 0.4) is 0 Å². The second-order valence-electron chi connectivity index (χ2n) is 7.93. The largest absolute Gasteiger partial charge is 0.484 e. The topological polar surface area (TPSA) is 58.6 Å². The number of aryl methyl sites for hydroxylation is 2. The summed E-state index contributed by atoms with van der Waals surface area (Å²) in [6.45, 7) is 6.73. The first-order chi connectivity index (χ1) is 15.5. The van der Waals surface area contributed by atoms with Crippen molar-refractivity contribution in [2.75, 3.05) is 37.7 Å². The van der Waals surface area contributed by atoms with E-state index in [1.807, 2.05) is 73.3 Å². The van der Waals surface area contributed by atoms with Gasteiger partial charge in [0, 0.05) is 48.9 Å². The molecule has 1 amide bonds. The zero-order valence-corrected chi connectivity index (χ0v) is 19.2. The van der Waals surface area contributed by atoms with Gasteiger partial charge in [-0.05, 0) is 43.7 Å². The lowest BCUT2D eigenvalue weighted by Crippen LogP contribution is -2.50. The van der Waals surface area contributed by atoms with E-state index in [1.165, 1.54) is 0 Å². The van der Waals surface area contributed by atoms with Gasteiger partial charge in [-0.2, -0.15) is 0 Å². The van der Waals surface area contributed by atoms with Gasteiger partial charge in [0.05, 0.1) is 0 Å². The van der Waals surface area contributed by atoms with Crippen molar-refractivity contribution in [1.29, 1.82) is 0 Å². The molecule has 2 aromatic carbocycles. The number of carbonyl (C=O) groups is 1. The molecule has 1 aromatic heterocycles. The Morgan fingerprint density at radius 2 is 1.66 bits per heavy atom. The van der Waals surface area contributed by atoms with Crippen LogP contribution in [0.1, 0.15) is 22.6 Å². The maximum absolute atomic E-state index is 12.6. The third-order valence-electron chi connectivity index (χ3n) is 5.64. The quantitative estimate of drug-likeness (QED) is 0.566. The van der Waals surface area contributed by atoms with E-state index >= 15 is 0 Å². The van der Waals surface area contributed by atoms with E-state index in [2.05, 4.69) is 9.88 Å². The lowest BCUT2D eigenvalue weighted by atomic mass is 10.0. The van der Waals surface area contributed by atoms with Crippen LogP contribution in [0.25, 0.3) is 0 Å². The van der Waals surface area contributed by atoms with E-state index in [0.29, 0.717) is 18.8 Å². The number of hydrogen-bond donors (Lipinski definition) is 0. The molecule has 0 atom stereocenters. The molecule has 0 radical (unpaired) electrons. The monoisotopic (exact) mass is 450 g/mol. The minimum atomic E-state index is 0.00457. The summed E-state index contributed by atoms with van der Waals surface area (Å²) in [7, 11) is 0. The number of anilines is 1. The van der Waals surface area contributed by atoms with Gasteiger partial charge in [0.25, 0.3) is 5.91 Å². The molecule has 0 bridgehead atoms. The van der Waals surface area contributed by atoms with Crippen molar-refractivity contribution >= 4 is 23.3 Å². The first-order valence-electron chi connectivity index (χ1n) is 10.8. The molecule has 6 nitrogen and oxygen atoms in total. The van der Waals surface area contributed by atoms with Gasteiger partial charge < -0.3 is 14.5 Å². The molecule has 3 aromatic rings. The van der Waals surface area contributed by atoms with Crippen LogP contribution in [0.2, 0.25) is 5.02 Å². The maximum Gasteiger partial charge on any atom is 0.260 e. The van der Waals surface area contributed by atoms with E-state index in [0.717, 1.165) is 53.0 Å². The number of piperazine rings is 1. The summed E-state index contributed by atoms with van der Waals surface area (Å²) in [6.07, 6.45) is 0.739. The van der Waals surface area contributed by atoms with E-state index in [1.54, 1.807) is 0 Å². The van der Waals surface area contributed by atoms with E-state index in [4.69, 9.17) is 21.3 Å². The number of amides is 1. The van der Waals surface area contributed by atoms with Crippen molar-refractivity contribution in [2.24, 2.45) is 0 Å². The zero-order valence-electron chi connectivity index (χ0n) is 18.4. The van der Waals surface area contributed by atoms with Crippen molar-refractivity contribution in [3.63, 3.8) is 0 Å². The summed E-state index contributed by atoms with van der Waals surface area (Å²) in [6, 6.07) is 17.3. The molecule has 1 aliphatic heterocycles. The van der Waals surface area contributed by atoms with Crippen molar-refractivity contribution < 1.29 is 9.53 Å². The highest BCUT2D eigenvalue weighted by atomic mass is 35.5.